The van der Waals surface area contributed by atoms with Crippen LogP contribution in [0.3, 0.4) is 0 Å². The number of rotatable bonds is 10. The van der Waals surface area contributed by atoms with Crippen molar-refractivity contribution >= 4 is 86.1 Å². The predicted octanol–water partition coefficient (Wildman–Crippen LogP) is 8.67. The summed E-state index contributed by atoms with van der Waals surface area (Å²) < 4.78 is 0.926. The maximum atomic E-state index is 13.4. The van der Waals surface area contributed by atoms with E-state index in [4.69, 9.17) is 23.2 Å². The van der Waals surface area contributed by atoms with E-state index in [1.54, 1.807) is 66.7 Å². The molecule has 0 radical (unpaired) electrons. The molecule has 4 aromatic carbocycles. The number of hydrogen-bond acceptors (Lipinski definition) is 4. The lowest BCUT2D eigenvalue weighted by Gasteiger charge is -2.16. The highest BCUT2D eigenvalue weighted by Gasteiger charge is 2.20. The zero-order valence-electron chi connectivity index (χ0n) is 22.4. The summed E-state index contributed by atoms with van der Waals surface area (Å²) in [5.74, 6) is -1.12. The Morgan fingerprint density at radius 3 is 2.29 bits per heavy atom. The van der Waals surface area contributed by atoms with Crippen LogP contribution in [0.4, 0.5) is 11.4 Å². The van der Waals surface area contributed by atoms with Gasteiger partial charge in [-0.3, -0.25) is 14.4 Å². The Labute approximate surface area is 267 Å². The summed E-state index contributed by atoms with van der Waals surface area (Å²) in [7, 11) is 0. The second-order valence-electron chi connectivity index (χ2n) is 9.04. The fourth-order valence-electron chi connectivity index (χ4n) is 3.80. The standard InChI is InChI=1S/C32H26BrCl2N3O3S/c1-2-29(32(41)36-24-15-12-22(33)13-16-24)42-26-10-6-9-25(19-26)37-31(40)28(17-21-11-14-23(34)18-27(21)35)38-30(39)20-7-4-3-5-8-20/h3-19,29H,2H2,1H3,(H,36,41)(H,37,40)(H,38,39)/b28-17+. The molecule has 4 aromatic rings. The molecule has 0 aliphatic rings. The first-order chi connectivity index (χ1) is 20.2. The van der Waals surface area contributed by atoms with E-state index in [1.165, 1.54) is 17.8 Å². The van der Waals surface area contributed by atoms with Crippen molar-refractivity contribution in [3.05, 3.63) is 128 Å². The van der Waals surface area contributed by atoms with Crippen molar-refractivity contribution in [2.75, 3.05) is 10.6 Å². The van der Waals surface area contributed by atoms with Gasteiger partial charge >= 0.3 is 0 Å². The zero-order valence-corrected chi connectivity index (χ0v) is 26.3. The Balaban J connectivity index is 1.52. The summed E-state index contributed by atoms with van der Waals surface area (Å²) >= 11 is 17.2. The Bertz CT molecular complexity index is 1620. The van der Waals surface area contributed by atoms with Crippen molar-refractivity contribution in [1.82, 2.24) is 5.32 Å². The highest BCUT2D eigenvalue weighted by molar-refractivity contribution is 9.10. The van der Waals surface area contributed by atoms with Gasteiger partial charge < -0.3 is 16.0 Å². The Morgan fingerprint density at radius 2 is 1.60 bits per heavy atom. The molecule has 0 aliphatic carbocycles. The second-order valence-corrected chi connectivity index (χ2v) is 12.1. The Hall–Kier alpha value is -3.56. The SMILES string of the molecule is CCC(Sc1cccc(NC(=O)/C(=C\c2ccc(Cl)cc2Cl)NC(=O)c2ccccc2)c1)C(=O)Nc1ccc(Br)cc1. The zero-order chi connectivity index (χ0) is 30.1. The van der Waals surface area contributed by atoms with Gasteiger partial charge in [-0.05, 0) is 84.8 Å². The van der Waals surface area contributed by atoms with E-state index in [1.807, 2.05) is 37.3 Å². The van der Waals surface area contributed by atoms with Gasteiger partial charge in [-0.1, -0.05) is 76.4 Å². The van der Waals surface area contributed by atoms with Crippen LogP contribution in [0.5, 0.6) is 0 Å². The largest absolute Gasteiger partial charge is 0.325 e. The average molecular weight is 683 g/mol. The lowest BCUT2D eigenvalue weighted by atomic mass is 10.1. The molecule has 1 atom stereocenters. The summed E-state index contributed by atoms with van der Waals surface area (Å²) in [6, 6.07) is 28.0. The molecule has 0 saturated heterocycles. The minimum atomic E-state index is -0.549. The number of carbonyl (C=O) groups is 3. The summed E-state index contributed by atoms with van der Waals surface area (Å²) in [6.45, 7) is 1.94. The van der Waals surface area contributed by atoms with Crippen molar-refractivity contribution in [2.24, 2.45) is 0 Å². The highest BCUT2D eigenvalue weighted by atomic mass is 79.9. The van der Waals surface area contributed by atoms with Gasteiger partial charge in [0.1, 0.15) is 5.70 Å². The van der Waals surface area contributed by atoms with Crippen LogP contribution in [0, 0.1) is 0 Å². The highest BCUT2D eigenvalue weighted by Crippen LogP contribution is 2.29. The van der Waals surface area contributed by atoms with Crippen LogP contribution in [0.15, 0.2) is 112 Å². The number of nitrogens with one attached hydrogen (secondary N) is 3. The predicted molar refractivity (Wildman–Crippen MR) is 176 cm³/mol. The van der Waals surface area contributed by atoms with Crippen molar-refractivity contribution < 1.29 is 14.4 Å². The molecule has 10 heteroatoms. The molecular formula is C32H26BrCl2N3O3S. The molecule has 0 spiro atoms. The molecule has 0 bridgehead atoms. The first kappa shape index (κ1) is 31.4. The van der Waals surface area contributed by atoms with E-state index in [0.717, 1.165) is 9.37 Å². The van der Waals surface area contributed by atoms with E-state index >= 15 is 0 Å². The number of benzene rings is 4. The first-order valence-electron chi connectivity index (χ1n) is 12.9. The third-order valence-electron chi connectivity index (χ3n) is 5.94. The number of hydrogen-bond donors (Lipinski definition) is 3. The van der Waals surface area contributed by atoms with Gasteiger partial charge in [-0.2, -0.15) is 0 Å². The summed E-state index contributed by atoms with van der Waals surface area (Å²) in [6.07, 6.45) is 2.09. The summed E-state index contributed by atoms with van der Waals surface area (Å²) in [4.78, 5) is 40.1. The maximum Gasteiger partial charge on any atom is 0.272 e. The van der Waals surface area contributed by atoms with Crippen LogP contribution in [-0.4, -0.2) is 23.0 Å². The first-order valence-corrected chi connectivity index (χ1v) is 15.3. The number of halogens is 3. The third kappa shape index (κ3) is 8.97. The average Bonchev–Trinajstić information content (AvgIpc) is 2.98. The van der Waals surface area contributed by atoms with Gasteiger partial charge in [-0.25, -0.2) is 0 Å². The molecule has 214 valence electrons. The fraction of sp³-hybridized carbons (Fsp3) is 0.0938. The minimum Gasteiger partial charge on any atom is -0.325 e. The molecule has 4 rings (SSSR count). The summed E-state index contributed by atoms with van der Waals surface area (Å²) in [5, 5.41) is 8.91. The van der Waals surface area contributed by atoms with Crippen molar-refractivity contribution in [2.45, 2.75) is 23.5 Å². The van der Waals surface area contributed by atoms with E-state index in [2.05, 4.69) is 31.9 Å². The van der Waals surface area contributed by atoms with E-state index in [9.17, 15) is 14.4 Å². The Morgan fingerprint density at radius 1 is 0.857 bits per heavy atom. The number of anilines is 2. The second kappa shape index (κ2) is 15.1. The Kier molecular flexibility index (Phi) is 11.3. The topological polar surface area (TPSA) is 87.3 Å². The van der Waals surface area contributed by atoms with Crippen LogP contribution in [-0.2, 0) is 9.59 Å². The smallest absolute Gasteiger partial charge is 0.272 e. The number of thioether (sulfide) groups is 1. The molecule has 1 unspecified atom stereocenters. The van der Waals surface area contributed by atoms with E-state index < -0.39 is 11.8 Å². The van der Waals surface area contributed by atoms with Gasteiger partial charge in [0, 0.05) is 36.4 Å². The quantitative estimate of drug-likeness (QED) is 0.115. The van der Waals surface area contributed by atoms with Crippen molar-refractivity contribution in [1.29, 1.82) is 0 Å². The monoisotopic (exact) mass is 681 g/mol. The van der Waals surface area contributed by atoms with E-state index in [-0.39, 0.29) is 16.9 Å². The fourth-order valence-corrected chi connectivity index (χ4v) is 5.55. The maximum absolute atomic E-state index is 13.4. The molecule has 0 aliphatic heterocycles. The molecular weight excluding hydrogens is 657 g/mol. The minimum absolute atomic E-state index is 0.00792. The summed E-state index contributed by atoms with van der Waals surface area (Å²) in [5.41, 5.74) is 2.10. The number of carbonyl (C=O) groups excluding carboxylic acids is 3. The molecule has 0 aromatic heterocycles. The normalized spacial score (nSPS) is 11.9. The molecule has 3 amide bonds. The molecule has 6 nitrogen and oxygen atoms in total. The van der Waals surface area contributed by atoms with Gasteiger partial charge in [0.2, 0.25) is 5.91 Å². The lowest BCUT2D eigenvalue weighted by molar-refractivity contribution is -0.116. The molecule has 42 heavy (non-hydrogen) atoms. The van der Waals surface area contributed by atoms with Crippen LogP contribution in [0.2, 0.25) is 10.0 Å². The van der Waals surface area contributed by atoms with Gasteiger partial charge in [0.05, 0.1) is 5.25 Å². The van der Waals surface area contributed by atoms with Gasteiger partial charge in [0.25, 0.3) is 11.8 Å². The van der Waals surface area contributed by atoms with Crippen LogP contribution in [0.1, 0.15) is 29.3 Å². The number of amides is 3. The van der Waals surface area contributed by atoms with E-state index in [0.29, 0.717) is 39.0 Å². The van der Waals surface area contributed by atoms with Crippen molar-refractivity contribution in [3.8, 4) is 0 Å². The van der Waals surface area contributed by atoms with Crippen LogP contribution >= 0.6 is 50.9 Å². The van der Waals surface area contributed by atoms with Gasteiger partial charge in [0.15, 0.2) is 0 Å². The molecule has 3 N–H and O–H groups in total. The van der Waals surface area contributed by atoms with Gasteiger partial charge in [-0.15, -0.1) is 11.8 Å². The molecule has 0 heterocycles. The van der Waals surface area contributed by atoms with Crippen LogP contribution in [0.25, 0.3) is 6.08 Å². The molecule has 0 saturated carbocycles. The third-order valence-corrected chi connectivity index (χ3v) is 8.39. The lowest BCUT2D eigenvalue weighted by Crippen LogP contribution is -2.30. The van der Waals surface area contributed by atoms with Crippen molar-refractivity contribution in [3.63, 3.8) is 0 Å². The van der Waals surface area contributed by atoms with Crippen LogP contribution < -0.4 is 16.0 Å². The molecule has 0 fully saturated rings.